The Bertz CT molecular complexity index is 871. The first-order chi connectivity index (χ1) is 11.8. The number of carbonyl (C=O) groups is 1. The first-order valence-electron chi connectivity index (χ1n) is 8.79. The van der Waals surface area contributed by atoms with Crippen LogP contribution in [-0.4, -0.2) is 26.6 Å². The van der Waals surface area contributed by atoms with E-state index < -0.39 is 0 Å². The lowest BCUT2D eigenvalue weighted by Gasteiger charge is -2.06. The highest BCUT2D eigenvalue weighted by Crippen LogP contribution is 2.59. The molecule has 1 N–H and O–H groups in total. The van der Waals surface area contributed by atoms with Gasteiger partial charge in [-0.2, -0.15) is 0 Å². The lowest BCUT2D eigenvalue weighted by molar-refractivity contribution is -0.123. The van der Waals surface area contributed by atoms with Crippen LogP contribution >= 0.6 is 0 Å². The van der Waals surface area contributed by atoms with Crippen molar-refractivity contribution in [1.29, 1.82) is 0 Å². The van der Waals surface area contributed by atoms with Crippen LogP contribution in [0, 0.1) is 17.3 Å². The Morgan fingerprint density at radius 1 is 1.36 bits per heavy atom. The predicted octanol–water partition coefficient (Wildman–Crippen LogP) is 2.24. The molecule has 6 nitrogen and oxygen atoms in total. The van der Waals surface area contributed by atoms with Crippen LogP contribution in [0.5, 0.6) is 0 Å². The van der Waals surface area contributed by atoms with Gasteiger partial charge in [0.15, 0.2) is 5.65 Å². The summed E-state index contributed by atoms with van der Waals surface area (Å²) in [6, 6.07) is 5.46. The number of hydrogen-bond acceptors (Lipinski definition) is 3. The Balaban J connectivity index is 1.52. The van der Waals surface area contributed by atoms with E-state index in [2.05, 4.69) is 44.2 Å². The molecule has 1 aliphatic carbocycles. The summed E-state index contributed by atoms with van der Waals surface area (Å²) in [5.41, 5.74) is 1.77. The SMILES string of the molecule is CC(C)=C[C@@H]1[C@H](C(=O)NCCCn2nc3ccccn3c2=O)C1(C)C. The third-order valence-corrected chi connectivity index (χ3v) is 5.04. The Labute approximate surface area is 147 Å². The minimum absolute atomic E-state index is 0.0277. The fourth-order valence-electron chi connectivity index (χ4n) is 3.51. The van der Waals surface area contributed by atoms with Gasteiger partial charge in [-0.3, -0.25) is 9.20 Å². The van der Waals surface area contributed by atoms with Crippen molar-refractivity contribution in [2.24, 2.45) is 17.3 Å². The minimum Gasteiger partial charge on any atom is -0.356 e. The molecule has 0 aromatic carbocycles. The summed E-state index contributed by atoms with van der Waals surface area (Å²) in [7, 11) is 0. The molecule has 134 valence electrons. The molecule has 2 atom stereocenters. The predicted molar refractivity (Wildman–Crippen MR) is 97.3 cm³/mol. The number of nitrogens with zero attached hydrogens (tertiary/aromatic N) is 3. The lowest BCUT2D eigenvalue weighted by atomic mass is 10.1. The zero-order valence-electron chi connectivity index (χ0n) is 15.3. The van der Waals surface area contributed by atoms with Crippen LogP contribution < -0.4 is 11.0 Å². The minimum atomic E-state index is -0.145. The van der Waals surface area contributed by atoms with E-state index >= 15 is 0 Å². The number of carbonyl (C=O) groups excluding carboxylic acids is 1. The van der Waals surface area contributed by atoms with Gasteiger partial charge in [0.2, 0.25) is 5.91 Å². The fourth-order valence-corrected chi connectivity index (χ4v) is 3.51. The second-order valence-electron chi connectivity index (χ2n) is 7.65. The molecule has 0 bridgehead atoms. The third-order valence-electron chi connectivity index (χ3n) is 5.04. The maximum atomic E-state index is 12.4. The second-order valence-corrected chi connectivity index (χ2v) is 7.65. The molecule has 0 aliphatic heterocycles. The van der Waals surface area contributed by atoms with Crippen molar-refractivity contribution in [3.05, 3.63) is 46.5 Å². The van der Waals surface area contributed by atoms with Crippen molar-refractivity contribution < 1.29 is 4.79 Å². The number of rotatable bonds is 6. The molecule has 1 aliphatic rings. The van der Waals surface area contributed by atoms with Gasteiger partial charge in [-0.1, -0.05) is 31.6 Å². The summed E-state index contributed by atoms with van der Waals surface area (Å²) in [5, 5.41) is 7.30. The van der Waals surface area contributed by atoms with Gasteiger partial charge in [-0.25, -0.2) is 9.48 Å². The van der Waals surface area contributed by atoms with Crippen molar-refractivity contribution in [3.8, 4) is 0 Å². The maximum Gasteiger partial charge on any atom is 0.350 e. The van der Waals surface area contributed by atoms with Crippen molar-refractivity contribution >= 4 is 11.6 Å². The summed E-state index contributed by atoms with van der Waals surface area (Å²) < 4.78 is 2.98. The number of pyridine rings is 1. The van der Waals surface area contributed by atoms with Crippen molar-refractivity contribution in [3.63, 3.8) is 0 Å². The van der Waals surface area contributed by atoms with Crippen LogP contribution in [0.2, 0.25) is 0 Å². The first-order valence-corrected chi connectivity index (χ1v) is 8.79. The molecule has 0 saturated heterocycles. The van der Waals surface area contributed by atoms with Crippen LogP contribution in [0.4, 0.5) is 0 Å². The van der Waals surface area contributed by atoms with E-state index in [1.165, 1.54) is 14.7 Å². The number of aryl methyl sites for hydroxylation is 1. The molecule has 0 radical (unpaired) electrons. The Morgan fingerprint density at radius 2 is 2.12 bits per heavy atom. The number of allylic oxidation sites excluding steroid dienone is 2. The quantitative estimate of drug-likeness (QED) is 0.647. The number of fused-ring (bicyclic) bond motifs is 1. The molecule has 25 heavy (non-hydrogen) atoms. The number of hydrogen-bond donors (Lipinski definition) is 1. The highest BCUT2D eigenvalue weighted by molar-refractivity contribution is 5.83. The van der Waals surface area contributed by atoms with E-state index in [4.69, 9.17) is 0 Å². The van der Waals surface area contributed by atoms with Crippen molar-refractivity contribution in [1.82, 2.24) is 19.5 Å². The zero-order chi connectivity index (χ0) is 18.2. The molecule has 2 heterocycles. The molecule has 2 aromatic rings. The van der Waals surface area contributed by atoms with Gasteiger partial charge in [0.05, 0.1) is 5.92 Å². The molecule has 0 unspecified atom stereocenters. The van der Waals surface area contributed by atoms with Crippen LogP contribution in [0.25, 0.3) is 5.65 Å². The summed E-state index contributed by atoms with van der Waals surface area (Å²) in [5.74, 6) is 0.466. The highest BCUT2D eigenvalue weighted by atomic mass is 16.2. The fraction of sp³-hybridized carbons (Fsp3) is 0.526. The second kappa shape index (κ2) is 6.50. The Hall–Kier alpha value is -2.37. The molecule has 6 heteroatoms. The van der Waals surface area contributed by atoms with Crippen molar-refractivity contribution in [2.75, 3.05) is 6.54 Å². The van der Waals surface area contributed by atoms with Gasteiger partial charge >= 0.3 is 5.69 Å². The van der Waals surface area contributed by atoms with Crippen LogP contribution in [0.15, 0.2) is 40.8 Å². The smallest absolute Gasteiger partial charge is 0.350 e. The molecule has 1 saturated carbocycles. The van der Waals surface area contributed by atoms with E-state index in [9.17, 15) is 9.59 Å². The van der Waals surface area contributed by atoms with Crippen LogP contribution in [-0.2, 0) is 11.3 Å². The first kappa shape index (κ1) is 17.5. The molecule has 3 rings (SSSR count). The van der Waals surface area contributed by atoms with E-state index in [1.807, 2.05) is 6.07 Å². The summed E-state index contributed by atoms with van der Waals surface area (Å²) in [6.07, 6.45) is 4.58. The number of nitrogens with one attached hydrogen (secondary N) is 1. The summed E-state index contributed by atoms with van der Waals surface area (Å²) in [4.78, 5) is 24.6. The van der Waals surface area contributed by atoms with Gasteiger partial charge in [0.1, 0.15) is 0 Å². The van der Waals surface area contributed by atoms with Crippen LogP contribution in [0.3, 0.4) is 0 Å². The number of amides is 1. The topological polar surface area (TPSA) is 68.4 Å². The summed E-state index contributed by atoms with van der Waals surface area (Å²) >= 11 is 0. The summed E-state index contributed by atoms with van der Waals surface area (Å²) in [6.45, 7) is 9.45. The largest absolute Gasteiger partial charge is 0.356 e. The van der Waals surface area contributed by atoms with Gasteiger partial charge in [0, 0.05) is 19.3 Å². The third kappa shape index (κ3) is 3.38. The highest BCUT2D eigenvalue weighted by Gasteiger charge is 2.60. The molecular weight excluding hydrogens is 316 g/mol. The molecule has 1 fully saturated rings. The number of aromatic nitrogens is 3. The van der Waals surface area contributed by atoms with Gasteiger partial charge < -0.3 is 5.32 Å². The molecule has 0 spiro atoms. The van der Waals surface area contributed by atoms with E-state index in [0.29, 0.717) is 31.1 Å². The van der Waals surface area contributed by atoms with E-state index in [-0.39, 0.29) is 22.9 Å². The zero-order valence-corrected chi connectivity index (χ0v) is 15.3. The monoisotopic (exact) mass is 342 g/mol. The van der Waals surface area contributed by atoms with E-state index in [1.54, 1.807) is 18.3 Å². The Kier molecular flexibility index (Phi) is 4.54. The Morgan fingerprint density at radius 3 is 2.80 bits per heavy atom. The van der Waals surface area contributed by atoms with Gasteiger partial charge in [-0.05, 0) is 43.7 Å². The van der Waals surface area contributed by atoms with E-state index in [0.717, 1.165) is 0 Å². The average molecular weight is 342 g/mol. The van der Waals surface area contributed by atoms with Gasteiger partial charge in [0.25, 0.3) is 0 Å². The van der Waals surface area contributed by atoms with Crippen LogP contribution in [0.1, 0.15) is 34.1 Å². The standard InChI is InChI=1S/C19H26N4O2/c1-13(2)12-14-16(19(14,3)4)17(24)20-9-7-11-23-18(25)22-10-6-5-8-15(22)21-23/h5-6,8,10,12,14,16H,7,9,11H2,1-4H3,(H,20,24)/t14-,16-/m1/s1. The average Bonchev–Trinajstić information content (AvgIpc) is 2.93. The molecular formula is C19H26N4O2. The van der Waals surface area contributed by atoms with Gasteiger partial charge in [-0.15, -0.1) is 5.10 Å². The lowest BCUT2D eigenvalue weighted by Crippen LogP contribution is -2.29. The maximum absolute atomic E-state index is 12.4. The molecule has 2 aromatic heterocycles. The molecule has 1 amide bonds. The normalized spacial score (nSPS) is 21.1. The van der Waals surface area contributed by atoms with Crippen molar-refractivity contribution in [2.45, 2.75) is 40.7 Å².